The van der Waals surface area contributed by atoms with E-state index in [4.69, 9.17) is 0 Å². The molecule has 1 N–H and O–H groups in total. The molecule has 1 aliphatic rings. The summed E-state index contributed by atoms with van der Waals surface area (Å²) in [6, 6.07) is 0. The van der Waals surface area contributed by atoms with Crippen LogP contribution in [0.4, 0.5) is 0 Å². The first-order chi connectivity index (χ1) is 3.00. The molecular weight excluding hydrogens is 120 g/mol. The first-order valence-corrected chi connectivity index (χ1v) is 2.71. The third kappa shape index (κ3) is 6.09. The van der Waals surface area contributed by atoms with Gasteiger partial charge < -0.3 is 5.32 Å². The van der Waals surface area contributed by atoms with E-state index >= 15 is 0 Å². The van der Waals surface area contributed by atoms with Crippen molar-refractivity contribution in [1.82, 2.24) is 5.32 Å². The summed E-state index contributed by atoms with van der Waals surface area (Å²) in [7, 11) is 0. The van der Waals surface area contributed by atoms with Gasteiger partial charge in [0, 0.05) is 59.1 Å². The van der Waals surface area contributed by atoms with Crippen LogP contribution < -0.4 is 5.32 Å². The molecule has 8 heavy (non-hydrogen) atoms. The van der Waals surface area contributed by atoms with Crippen molar-refractivity contribution in [2.24, 2.45) is 0 Å². The van der Waals surface area contributed by atoms with E-state index in [0.717, 1.165) is 0 Å². The molecule has 1 aliphatic heterocycles. The Balaban J connectivity index is 0. The molecule has 1 saturated heterocycles. The van der Waals surface area contributed by atoms with Gasteiger partial charge in [0.25, 0.3) is 0 Å². The van der Waals surface area contributed by atoms with E-state index in [2.05, 4.69) is 5.32 Å². The second-order valence-electron chi connectivity index (χ2n) is 1.81. The zero-order valence-electron chi connectivity index (χ0n) is 6.04. The van der Waals surface area contributed by atoms with Gasteiger partial charge in [-0.15, -0.1) is 0 Å². The summed E-state index contributed by atoms with van der Waals surface area (Å²) >= 11 is 0. The van der Waals surface area contributed by atoms with Gasteiger partial charge in [0.15, 0.2) is 0 Å². The number of piperidine rings is 1. The summed E-state index contributed by atoms with van der Waals surface area (Å²) in [6.45, 7) is 2.50. The summed E-state index contributed by atoms with van der Waals surface area (Å²) in [6.07, 6.45) is 4.22. The van der Waals surface area contributed by atoms with Crippen LogP contribution in [-0.2, 0) is 0 Å². The summed E-state index contributed by atoms with van der Waals surface area (Å²) in [4.78, 5) is 0. The number of nitrogens with one attached hydrogen (secondary N) is 1. The van der Waals surface area contributed by atoms with Crippen molar-refractivity contribution in [3.8, 4) is 0 Å². The second-order valence-corrected chi connectivity index (χ2v) is 1.81. The van der Waals surface area contributed by atoms with Gasteiger partial charge >= 0.3 is 0 Å². The smallest absolute Gasteiger partial charge is 0 e. The molecule has 0 atom stereocenters. The Labute approximate surface area is 95.6 Å². The minimum Gasteiger partial charge on any atom is -0.317 e. The fraction of sp³-hybridized carbons (Fsp3) is 1.00. The van der Waals surface area contributed by atoms with E-state index < -0.39 is 0 Å². The number of hydrogen-bond donors (Lipinski definition) is 1. The van der Waals surface area contributed by atoms with E-state index in [1.54, 1.807) is 0 Å². The largest absolute Gasteiger partial charge is 0.317 e. The summed E-state index contributed by atoms with van der Waals surface area (Å²) < 4.78 is 0. The maximum atomic E-state index is 3.28. The predicted octanol–water partition coefficient (Wildman–Crippen LogP) is -0.00170. The zero-order chi connectivity index (χ0) is 4.24. The standard InChI is InChI=1S/C5H11N.2Na/c1-2-4-6-5-3-1;;/h6H,1-5H2;;. The Morgan fingerprint density at radius 1 is 0.750 bits per heavy atom. The van der Waals surface area contributed by atoms with Crippen LogP contribution in [0.3, 0.4) is 0 Å². The third-order valence-corrected chi connectivity index (χ3v) is 1.21. The Bertz CT molecular complexity index is 25.9. The molecule has 2 radical (unpaired) electrons. The predicted molar refractivity (Wildman–Crippen MR) is 38.2 cm³/mol. The SMILES string of the molecule is C1CCNCC1.[Na].[Na]. The van der Waals surface area contributed by atoms with E-state index in [1.807, 2.05) is 0 Å². The van der Waals surface area contributed by atoms with Gasteiger partial charge in [-0.1, -0.05) is 6.42 Å². The monoisotopic (exact) mass is 131 g/mol. The molecule has 1 nitrogen and oxygen atoms in total. The molecule has 0 aromatic carbocycles. The molecule has 0 aromatic heterocycles. The Morgan fingerprint density at radius 3 is 1.38 bits per heavy atom. The van der Waals surface area contributed by atoms with Crippen LogP contribution in [0.25, 0.3) is 0 Å². The maximum absolute atomic E-state index is 3.28. The van der Waals surface area contributed by atoms with Crippen molar-refractivity contribution < 1.29 is 0 Å². The first-order valence-electron chi connectivity index (χ1n) is 2.71. The molecule has 1 rings (SSSR count). The third-order valence-electron chi connectivity index (χ3n) is 1.21. The summed E-state index contributed by atoms with van der Waals surface area (Å²) in [5.74, 6) is 0. The average molecular weight is 131 g/mol. The average Bonchev–Trinajstić information content (AvgIpc) is 1.72. The molecule has 3 heteroatoms. The van der Waals surface area contributed by atoms with E-state index in [1.165, 1.54) is 32.4 Å². The molecule has 0 amide bonds. The van der Waals surface area contributed by atoms with Crippen LogP contribution in [0.5, 0.6) is 0 Å². The molecule has 1 heterocycles. The van der Waals surface area contributed by atoms with Gasteiger partial charge in [-0.2, -0.15) is 0 Å². The van der Waals surface area contributed by atoms with Crippen LogP contribution in [0.1, 0.15) is 19.3 Å². The molecule has 0 aliphatic carbocycles. The Hall–Kier alpha value is 1.96. The maximum Gasteiger partial charge on any atom is 0 e. The molecule has 0 saturated carbocycles. The topological polar surface area (TPSA) is 12.0 Å². The number of rotatable bonds is 0. The minimum absolute atomic E-state index is 0. The molecule has 0 bridgehead atoms. The van der Waals surface area contributed by atoms with E-state index in [9.17, 15) is 0 Å². The molecule has 0 unspecified atom stereocenters. The first kappa shape index (κ1) is 12.6. The Morgan fingerprint density at radius 2 is 1.25 bits per heavy atom. The molecular formula is C5H11NNa2. The van der Waals surface area contributed by atoms with Gasteiger partial charge in [0.2, 0.25) is 0 Å². The van der Waals surface area contributed by atoms with E-state index in [-0.39, 0.29) is 59.1 Å². The fourth-order valence-electron chi connectivity index (χ4n) is 0.802. The molecule has 1 fully saturated rings. The number of hydrogen-bond acceptors (Lipinski definition) is 1. The van der Waals surface area contributed by atoms with Crippen LogP contribution in [0, 0.1) is 0 Å². The van der Waals surface area contributed by atoms with Crippen LogP contribution in [0.2, 0.25) is 0 Å². The Kier molecular flexibility index (Phi) is 14.1. The zero-order valence-corrected chi connectivity index (χ0v) is 10.0. The summed E-state index contributed by atoms with van der Waals surface area (Å²) in [5.41, 5.74) is 0. The van der Waals surface area contributed by atoms with Gasteiger partial charge in [-0.25, -0.2) is 0 Å². The fourth-order valence-corrected chi connectivity index (χ4v) is 0.802. The molecule has 38 valence electrons. The minimum atomic E-state index is 0. The van der Waals surface area contributed by atoms with Crippen molar-refractivity contribution in [2.75, 3.05) is 13.1 Å². The van der Waals surface area contributed by atoms with Crippen molar-refractivity contribution in [2.45, 2.75) is 19.3 Å². The quantitative estimate of drug-likeness (QED) is 0.456. The molecule has 0 spiro atoms. The second kappa shape index (κ2) is 8.96. The van der Waals surface area contributed by atoms with Crippen molar-refractivity contribution in [3.05, 3.63) is 0 Å². The van der Waals surface area contributed by atoms with Crippen molar-refractivity contribution >= 4 is 59.1 Å². The van der Waals surface area contributed by atoms with Crippen molar-refractivity contribution in [1.29, 1.82) is 0 Å². The van der Waals surface area contributed by atoms with Crippen LogP contribution in [-0.4, -0.2) is 72.2 Å². The van der Waals surface area contributed by atoms with Gasteiger partial charge in [0.05, 0.1) is 0 Å². The van der Waals surface area contributed by atoms with Gasteiger partial charge in [0.1, 0.15) is 0 Å². The van der Waals surface area contributed by atoms with Crippen LogP contribution in [0.15, 0.2) is 0 Å². The van der Waals surface area contributed by atoms with Gasteiger partial charge in [-0.05, 0) is 25.9 Å². The van der Waals surface area contributed by atoms with Crippen LogP contribution >= 0.6 is 0 Å². The molecule has 0 aromatic rings. The van der Waals surface area contributed by atoms with E-state index in [0.29, 0.717) is 0 Å². The van der Waals surface area contributed by atoms with Gasteiger partial charge in [-0.3, -0.25) is 0 Å². The summed E-state index contributed by atoms with van der Waals surface area (Å²) in [5, 5.41) is 3.28. The van der Waals surface area contributed by atoms with Crippen molar-refractivity contribution in [3.63, 3.8) is 0 Å². The normalized spacial score (nSPS) is 18.0.